The molecule has 4 heteroatoms. The predicted octanol–water partition coefficient (Wildman–Crippen LogP) is 4.00. The highest BCUT2D eigenvalue weighted by molar-refractivity contribution is 9.10. The van der Waals surface area contributed by atoms with E-state index in [1.165, 1.54) is 0 Å². The van der Waals surface area contributed by atoms with Crippen molar-refractivity contribution in [2.75, 3.05) is 0 Å². The highest BCUT2D eigenvalue weighted by Gasteiger charge is 2.05. The van der Waals surface area contributed by atoms with Crippen molar-refractivity contribution in [2.24, 2.45) is 0 Å². The molecule has 1 aromatic carbocycles. The van der Waals surface area contributed by atoms with Gasteiger partial charge in [-0.3, -0.25) is 0 Å². The average Bonchev–Trinajstić information content (AvgIpc) is 2.33. The zero-order valence-electron chi connectivity index (χ0n) is 10.2. The smallest absolute Gasteiger partial charge is 0.219 e. The lowest BCUT2D eigenvalue weighted by atomic mass is 10.2. The van der Waals surface area contributed by atoms with Gasteiger partial charge in [0.25, 0.3) is 0 Å². The van der Waals surface area contributed by atoms with Crippen LogP contribution >= 0.6 is 15.9 Å². The summed E-state index contributed by atoms with van der Waals surface area (Å²) in [6, 6.07) is 9.40. The topological polar surface area (TPSA) is 42.4 Å². The fourth-order valence-corrected chi connectivity index (χ4v) is 2.07. The third kappa shape index (κ3) is 3.09. The number of aliphatic hydroxyl groups is 1. The molecule has 1 N–H and O–H groups in total. The molecule has 3 nitrogen and oxygen atoms in total. The number of benzene rings is 1. The zero-order chi connectivity index (χ0) is 13.1. The van der Waals surface area contributed by atoms with Crippen LogP contribution in [-0.4, -0.2) is 10.1 Å². The molecule has 0 aliphatic carbocycles. The van der Waals surface area contributed by atoms with Gasteiger partial charge in [0.15, 0.2) is 0 Å². The molecule has 0 spiro atoms. The first-order valence-electron chi connectivity index (χ1n) is 5.64. The molecule has 0 aliphatic rings. The van der Waals surface area contributed by atoms with Gasteiger partial charge in [-0.15, -0.1) is 0 Å². The summed E-state index contributed by atoms with van der Waals surface area (Å²) in [4.78, 5) is 4.16. The van der Waals surface area contributed by atoms with Crippen molar-refractivity contribution < 1.29 is 9.84 Å². The molecule has 94 valence electrons. The van der Waals surface area contributed by atoms with Crippen molar-refractivity contribution in [1.82, 2.24) is 4.98 Å². The van der Waals surface area contributed by atoms with Crippen molar-refractivity contribution in [3.05, 3.63) is 52.1 Å². The summed E-state index contributed by atoms with van der Waals surface area (Å²) in [6.45, 7) is 3.72. The first-order chi connectivity index (χ1) is 8.56. The van der Waals surface area contributed by atoms with Gasteiger partial charge in [0.2, 0.25) is 5.88 Å². The van der Waals surface area contributed by atoms with Gasteiger partial charge >= 0.3 is 0 Å². The average molecular weight is 308 g/mol. The van der Waals surface area contributed by atoms with Crippen LogP contribution in [-0.2, 0) is 0 Å². The molecule has 1 aromatic heterocycles. The second-order valence-electron chi connectivity index (χ2n) is 4.14. The molecule has 0 aliphatic heterocycles. The molecule has 18 heavy (non-hydrogen) atoms. The number of pyridine rings is 1. The van der Waals surface area contributed by atoms with E-state index in [1.807, 2.05) is 25.1 Å². The molecule has 0 bridgehead atoms. The second kappa shape index (κ2) is 5.50. The quantitative estimate of drug-likeness (QED) is 0.932. The van der Waals surface area contributed by atoms with Crippen LogP contribution in [0.5, 0.6) is 11.6 Å². The largest absolute Gasteiger partial charge is 0.438 e. The van der Waals surface area contributed by atoms with Crippen molar-refractivity contribution >= 4 is 15.9 Å². The van der Waals surface area contributed by atoms with Gasteiger partial charge in [0, 0.05) is 12.3 Å². The Hall–Kier alpha value is -1.39. The van der Waals surface area contributed by atoms with E-state index in [4.69, 9.17) is 4.74 Å². The Morgan fingerprint density at radius 2 is 2.06 bits per heavy atom. The Morgan fingerprint density at radius 3 is 2.61 bits per heavy atom. The van der Waals surface area contributed by atoms with Gasteiger partial charge in [0.05, 0.1) is 10.6 Å². The molecule has 2 aromatic rings. The summed E-state index contributed by atoms with van der Waals surface area (Å²) >= 11 is 3.45. The number of aromatic nitrogens is 1. The van der Waals surface area contributed by atoms with Gasteiger partial charge in [0.1, 0.15) is 5.75 Å². The number of hydrogen-bond acceptors (Lipinski definition) is 3. The SMILES string of the molecule is Cc1ccc(Oc2ccc(C(C)O)cn2)c(Br)c1. The molecule has 0 radical (unpaired) electrons. The molecule has 1 atom stereocenters. The van der Waals surface area contributed by atoms with Crippen molar-refractivity contribution in [3.8, 4) is 11.6 Å². The molecular weight excluding hydrogens is 294 g/mol. The van der Waals surface area contributed by atoms with Crippen molar-refractivity contribution in [1.29, 1.82) is 0 Å². The van der Waals surface area contributed by atoms with E-state index in [-0.39, 0.29) is 0 Å². The summed E-state index contributed by atoms with van der Waals surface area (Å²) in [7, 11) is 0. The van der Waals surface area contributed by atoms with Crippen LogP contribution in [0.15, 0.2) is 41.0 Å². The maximum atomic E-state index is 9.39. The van der Waals surface area contributed by atoms with E-state index in [2.05, 4.69) is 20.9 Å². The van der Waals surface area contributed by atoms with Crippen LogP contribution in [0.4, 0.5) is 0 Å². The Morgan fingerprint density at radius 1 is 1.28 bits per heavy atom. The highest BCUT2D eigenvalue weighted by atomic mass is 79.9. The Kier molecular flexibility index (Phi) is 3.99. The monoisotopic (exact) mass is 307 g/mol. The van der Waals surface area contributed by atoms with Gasteiger partial charge in [-0.2, -0.15) is 0 Å². The maximum absolute atomic E-state index is 9.39. The number of halogens is 1. The summed E-state index contributed by atoms with van der Waals surface area (Å²) < 4.78 is 6.55. The minimum atomic E-state index is -0.516. The lowest BCUT2D eigenvalue weighted by Gasteiger charge is -2.09. The molecule has 1 unspecified atom stereocenters. The fraction of sp³-hybridized carbons (Fsp3) is 0.214. The summed E-state index contributed by atoms with van der Waals surface area (Å²) in [5.74, 6) is 1.22. The molecule has 0 saturated carbocycles. The normalized spacial score (nSPS) is 12.2. The number of hydrogen-bond donors (Lipinski definition) is 1. The first-order valence-corrected chi connectivity index (χ1v) is 6.43. The number of aryl methyl sites for hydroxylation is 1. The van der Waals surface area contributed by atoms with E-state index < -0.39 is 6.10 Å². The molecule has 0 fully saturated rings. The Balaban J connectivity index is 2.18. The number of ether oxygens (including phenoxy) is 1. The molecule has 2 rings (SSSR count). The summed E-state index contributed by atoms with van der Waals surface area (Å²) in [5.41, 5.74) is 1.93. The maximum Gasteiger partial charge on any atom is 0.219 e. The van der Waals surface area contributed by atoms with Gasteiger partial charge in [-0.25, -0.2) is 4.98 Å². The Bertz CT molecular complexity index is 538. The van der Waals surface area contributed by atoms with E-state index in [1.54, 1.807) is 25.3 Å². The van der Waals surface area contributed by atoms with E-state index in [0.29, 0.717) is 5.88 Å². The van der Waals surface area contributed by atoms with E-state index >= 15 is 0 Å². The van der Waals surface area contributed by atoms with Crippen LogP contribution in [0.3, 0.4) is 0 Å². The van der Waals surface area contributed by atoms with Crippen LogP contribution in [0.2, 0.25) is 0 Å². The summed E-state index contributed by atoms with van der Waals surface area (Å²) in [5, 5.41) is 9.39. The fourth-order valence-electron chi connectivity index (χ4n) is 1.50. The first kappa shape index (κ1) is 13.1. The Labute approximate surface area is 115 Å². The van der Waals surface area contributed by atoms with Crippen LogP contribution in [0, 0.1) is 6.92 Å². The molecule has 1 heterocycles. The van der Waals surface area contributed by atoms with Gasteiger partial charge < -0.3 is 9.84 Å². The minimum absolute atomic E-state index is 0.504. The van der Waals surface area contributed by atoms with Crippen LogP contribution < -0.4 is 4.74 Å². The lowest BCUT2D eigenvalue weighted by molar-refractivity contribution is 0.198. The van der Waals surface area contributed by atoms with Crippen molar-refractivity contribution in [3.63, 3.8) is 0 Å². The zero-order valence-corrected chi connectivity index (χ0v) is 11.8. The lowest BCUT2D eigenvalue weighted by Crippen LogP contribution is -1.94. The molecular formula is C14H14BrNO2. The van der Waals surface area contributed by atoms with Gasteiger partial charge in [-0.1, -0.05) is 6.07 Å². The summed E-state index contributed by atoms with van der Waals surface area (Å²) in [6.07, 6.45) is 1.10. The van der Waals surface area contributed by atoms with E-state index in [0.717, 1.165) is 21.3 Å². The number of rotatable bonds is 3. The minimum Gasteiger partial charge on any atom is -0.438 e. The van der Waals surface area contributed by atoms with Crippen LogP contribution in [0.25, 0.3) is 0 Å². The van der Waals surface area contributed by atoms with Crippen molar-refractivity contribution in [2.45, 2.75) is 20.0 Å². The van der Waals surface area contributed by atoms with Crippen LogP contribution in [0.1, 0.15) is 24.2 Å². The third-order valence-corrected chi connectivity index (χ3v) is 3.16. The number of nitrogens with zero attached hydrogens (tertiary/aromatic N) is 1. The number of aliphatic hydroxyl groups excluding tert-OH is 1. The van der Waals surface area contributed by atoms with E-state index in [9.17, 15) is 5.11 Å². The predicted molar refractivity (Wildman–Crippen MR) is 73.8 cm³/mol. The highest BCUT2D eigenvalue weighted by Crippen LogP contribution is 2.29. The standard InChI is InChI=1S/C14H14BrNO2/c1-9-3-5-13(12(15)7-9)18-14-6-4-11(8-16-14)10(2)17/h3-8,10,17H,1-2H3. The molecule has 0 amide bonds. The van der Waals surface area contributed by atoms with Gasteiger partial charge in [-0.05, 0) is 59.1 Å². The third-order valence-electron chi connectivity index (χ3n) is 2.54. The molecule has 0 saturated heterocycles. The second-order valence-corrected chi connectivity index (χ2v) is 5.00.